The van der Waals surface area contributed by atoms with Crippen molar-refractivity contribution >= 4 is 17.8 Å². The van der Waals surface area contributed by atoms with Gasteiger partial charge in [-0.15, -0.1) is 0 Å². The maximum Gasteiger partial charge on any atom is 0.326 e. The van der Waals surface area contributed by atoms with E-state index in [1.807, 2.05) is 44.2 Å². The number of hydrogen-bond donors (Lipinski definition) is 4. The summed E-state index contributed by atoms with van der Waals surface area (Å²) < 4.78 is 6.09. The first-order valence-electron chi connectivity index (χ1n) is 13.3. The molecule has 0 aromatic heterocycles. The van der Waals surface area contributed by atoms with Crippen molar-refractivity contribution in [2.75, 3.05) is 6.61 Å². The fourth-order valence-corrected chi connectivity index (χ4v) is 3.94. The van der Waals surface area contributed by atoms with Crippen molar-refractivity contribution in [1.82, 2.24) is 10.6 Å². The Kier molecular flexibility index (Phi) is 12.3. The highest BCUT2D eigenvalue weighted by atomic mass is 16.5. The van der Waals surface area contributed by atoms with Crippen LogP contribution in [-0.4, -0.2) is 52.3 Å². The van der Waals surface area contributed by atoms with Crippen LogP contribution in [0.3, 0.4) is 0 Å². The number of carboxylic acid groups (broad SMARTS) is 1. The summed E-state index contributed by atoms with van der Waals surface area (Å²) in [4.78, 5) is 38.1. The number of rotatable bonds is 16. The van der Waals surface area contributed by atoms with E-state index >= 15 is 0 Å². The number of aromatic hydroxyl groups is 1. The van der Waals surface area contributed by atoms with Crippen LogP contribution < -0.4 is 10.6 Å². The Morgan fingerprint density at radius 2 is 1.53 bits per heavy atom. The first-order chi connectivity index (χ1) is 18.0. The number of phenolic OH excluding ortho intramolecular Hbond substituents is 1. The Morgan fingerprint density at radius 3 is 2.11 bits per heavy atom. The second kappa shape index (κ2) is 15.1. The van der Waals surface area contributed by atoms with Crippen molar-refractivity contribution in [3.8, 4) is 5.75 Å². The number of carbonyl (C=O) groups is 3. The Hall–Kier alpha value is -3.39. The zero-order valence-electron chi connectivity index (χ0n) is 22.9. The topological polar surface area (TPSA) is 125 Å². The minimum absolute atomic E-state index is 0.0376. The van der Waals surface area contributed by atoms with Crippen LogP contribution in [0.5, 0.6) is 5.75 Å². The quantitative estimate of drug-likeness (QED) is 0.259. The summed E-state index contributed by atoms with van der Waals surface area (Å²) in [5.74, 6) is -1.45. The lowest BCUT2D eigenvalue weighted by molar-refractivity contribution is -0.142. The molecule has 2 rings (SSSR count). The van der Waals surface area contributed by atoms with E-state index in [-0.39, 0.29) is 30.9 Å². The molecular weight excluding hydrogens is 484 g/mol. The predicted molar refractivity (Wildman–Crippen MR) is 147 cm³/mol. The standard InChI is InChI=1S/C30H42N2O6/c1-5-30(4,38-18-16-21(2)3)17-15-27(34)31-25(19-22-9-7-6-8-10-22)28(35)32-26(29(36)37)20-23-11-13-24(33)14-12-23/h6-14,21,25-26,33H,5,15-20H2,1-4H3,(H,31,34)(H,32,35)(H,36,37)/t25-,26-,30?/m0/s1. The number of carbonyl (C=O) groups excluding carboxylic acids is 2. The summed E-state index contributed by atoms with van der Waals surface area (Å²) >= 11 is 0. The van der Waals surface area contributed by atoms with Gasteiger partial charge in [0.2, 0.25) is 11.8 Å². The van der Waals surface area contributed by atoms with Gasteiger partial charge < -0.3 is 25.6 Å². The highest BCUT2D eigenvalue weighted by molar-refractivity contribution is 5.90. The number of nitrogens with one attached hydrogen (secondary N) is 2. The monoisotopic (exact) mass is 526 g/mol. The molecule has 0 bridgehead atoms. The second-order valence-electron chi connectivity index (χ2n) is 10.4. The summed E-state index contributed by atoms with van der Waals surface area (Å²) in [6.45, 7) is 8.92. The number of hydrogen-bond acceptors (Lipinski definition) is 5. The number of aliphatic carboxylic acids is 1. The molecule has 0 radical (unpaired) electrons. The van der Waals surface area contributed by atoms with E-state index in [9.17, 15) is 24.6 Å². The highest BCUT2D eigenvalue weighted by Gasteiger charge is 2.29. The van der Waals surface area contributed by atoms with E-state index < -0.39 is 29.6 Å². The zero-order chi connectivity index (χ0) is 28.1. The molecule has 0 spiro atoms. The summed E-state index contributed by atoms with van der Waals surface area (Å²) in [6, 6.07) is 13.3. The average molecular weight is 527 g/mol. The van der Waals surface area contributed by atoms with Crippen molar-refractivity contribution in [3.05, 3.63) is 65.7 Å². The third kappa shape index (κ3) is 10.9. The van der Waals surface area contributed by atoms with Gasteiger partial charge in [-0.2, -0.15) is 0 Å². The maximum atomic E-state index is 13.3. The molecular formula is C30H42N2O6. The van der Waals surface area contributed by atoms with Gasteiger partial charge in [0.25, 0.3) is 0 Å². The molecule has 0 fully saturated rings. The minimum Gasteiger partial charge on any atom is -0.508 e. The van der Waals surface area contributed by atoms with Gasteiger partial charge in [-0.25, -0.2) is 4.79 Å². The third-order valence-corrected chi connectivity index (χ3v) is 6.70. The van der Waals surface area contributed by atoms with Gasteiger partial charge in [-0.05, 0) is 55.4 Å². The predicted octanol–water partition coefficient (Wildman–Crippen LogP) is 4.24. The lowest BCUT2D eigenvalue weighted by Crippen LogP contribution is -2.53. The van der Waals surface area contributed by atoms with Gasteiger partial charge >= 0.3 is 5.97 Å². The van der Waals surface area contributed by atoms with E-state index in [2.05, 4.69) is 24.5 Å². The number of benzene rings is 2. The molecule has 1 unspecified atom stereocenters. The maximum absolute atomic E-state index is 13.3. The van der Waals surface area contributed by atoms with E-state index in [1.54, 1.807) is 12.1 Å². The van der Waals surface area contributed by atoms with Crippen molar-refractivity contribution in [3.63, 3.8) is 0 Å². The van der Waals surface area contributed by atoms with Gasteiger partial charge in [0, 0.05) is 25.9 Å². The minimum atomic E-state index is -1.19. The molecule has 0 aliphatic rings. The van der Waals surface area contributed by atoms with Gasteiger partial charge in [0.05, 0.1) is 5.60 Å². The van der Waals surface area contributed by atoms with E-state index in [1.165, 1.54) is 12.1 Å². The van der Waals surface area contributed by atoms with Crippen molar-refractivity contribution in [2.45, 2.75) is 83.9 Å². The second-order valence-corrected chi connectivity index (χ2v) is 10.4. The molecule has 0 aliphatic carbocycles. The van der Waals surface area contributed by atoms with Gasteiger partial charge in [0.1, 0.15) is 17.8 Å². The normalized spacial score (nSPS) is 14.3. The van der Waals surface area contributed by atoms with Crippen LogP contribution in [0.4, 0.5) is 0 Å². The van der Waals surface area contributed by atoms with Crippen molar-refractivity contribution in [2.24, 2.45) is 5.92 Å². The highest BCUT2D eigenvalue weighted by Crippen LogP contribution is 2.23. The van der Waals surface area contributed by atoms with Gasteiger partial charge in [-0.1, -0.05) is 63.2 Å². The molecule has 8 nitrogen and oxygen atoms in total. The molecule has 3 atom stereocenters. The van der Waals surface area contributed by atoms with Gasteiger partial charge in [-0.3, -0.25) is 9.59 Å². The number of ether oxygens (including phenoxy) is 1. The molecule has 4 N–H and O–H groups in total. The number of amides is 2. The lowest BCUT2D eigenvalue weighted by Gasteiger charge is -2.29. The number of carboxylic acids is 1. The first-order valence-corrected chi connectivity index (χ1v) is 13.3. The van der Waals surface area contributed by atoms with E-state index in [0.29, 0.717) is 24.5 Å². The van der Waals surface area contributed by atoms with Crippen molar-refractivity contribution < 1.29 is 29.3 Å². The average Bonchev–Trinajstić information content (AvgIpc) is 2.88. The molecule has 0 saturated heterocycles. The smallest absolute Gasteiger partial charge is 0.326 e. The molecule has 38 heavy (non-hydrogen) atoms. The third-order valence-electron chi connectivity index (χ3n) is 6.70. The lowest BCUT2D eigenvalue weighted by atomic mass is 9.96. The molecule has 0 aliphatic heterocycles. The Labute approximate surface area is 225 Å². The van der Waals surface area contributed by atoms with Crippen LogP contribution in [0.25, 0.3) is 0 Å². The molecule has 2 aromatic carbocycles. The SMILES string of the molecule is CCC(C)(CCC(=O)N[C@@H](Cc1ccccc1)C(=O)N[C@@H](Cc1ccc(O)cc1)C(=O)O)OCCC(C)C. The van der Waals surface area contributed by atoms with Crippen LogP contribution in [0, 0.1) is 5.92 Å². The van der Waals surface area contributed by atoms with Crippen LogP contribution in [0.2, 0.25) is 0 Å². The van der Waals surface area contributed by atoms with Crippen LogP contribution in [0.15, 0.2) is 54.6 Å². The Balaban J connectivity index is 2.08. The summed E-state index contributed by atoms with van der Waals surface area (Å²) in [6.07, 6.45) is 2.64. The largest absolute Gasteiger partial charge is 0.508 e. The molecule has 208 valence electrons. The molecule has 0 saturated carbocycles. The number of phenols is 1. The Bertz CT molecular complexity index is 1020. The fourth-order valence-electron chi connectivity index (χ4n) is 3.94. The van der Waals surface area contributed by atoms with Crippen LogP contribution >= 0.6 is 0 Å². The van der Waals surface area contributed by atoms with Crippen LogP contribution in [0.1, 0.15) is 64.5 Å². The van der Waals surface area contributed by atoms with Gasteiger partial charge in [0.15, 0.2) is 0 Å². The Morgan fingerprint density at radius 1 is 0.921 bits per heavy atom. The van der Waals surface area contributed by atoms with E-state index in [0.717, 1.165) is 18.4 Å². The van der Waals surface area contributed by atoms with Crippen molar-refractivity contribution in [1.29, 1.82) is 0 Å². The molecule has 8 heteroatoms. The first kappa shape index (κ1) is 30.8. The summed E-state index contributed by atoms with van der Waals surface area (Å²) in [5.41, 5.74) is 1.05. The molecule has 2 aromatic rings. The molecule has 0 heterocycles. The fraction of sp³-hybridized carbons (Fsp3) is 0.500. The van der Waals surface area contributed by atoms with E-state index in [4.69, 9.17) is 4.74 Å². The summed E-state index contributed by atoms with van der Waals surface area (Å²) in [7, 11) is 0. The van der Waals surface area contributed by atoms with Crippen LogP contribution in [-0.2, 0) is 32.0 Å². The molecule has 2 amide bonds. The summed E-state index contributed by atoms with van der Waals surface area (Å²) in [5, 5.41) is 24.6. The zero-order valence-corrected chi connectivity index (χ0v) is 22.9.